The van der Waals surface area contributed by atoms with E-state index in [-0.39, 0.29) is 4.90 Å². The van der Waals surface area contributed by atoms with E-state index in [2.05, 4.69) is 0 Å². The van der Waals surface area contributed by atoms with Crippen molar-refractivity contribution < 1.29 is 21.7 Å². The summed E-state index contributed by atoms with van der Waals surface area (Å²) in [5.74, 6) is 0. The number of hydrogen-bond donors (Lipinski definition) is 0. The van der Waals surface area contributed by atoms with Crippen molar-refractivity contribution in [2.75, 3.05) is 21.3 Å². The van der Waals surface area contributed by atoms with Gasteiger partial charge in [0.15, 0.2) is 0 Å². The third-order valence-corrected chi connectivity index (χ3v) is 6.56. The Hall–Kier alpha value is -0.443. The molecule has 0 saturated carbocycles. The van der Waals surface area contributed by atoms with Gasteiger partial charge in [0.1, 0.15) is 0 Å². The van der Waals surface area contributed by atoms with Crippen LogP contribution in [0.1, 0.15) is 0 Å². The molecule has 8 heteroatoms. The van der Waals surface area contributed by atoms with Crippen molar-refractivity contribution in [2.45, 2.75) is 4.90 Å². The molecule has 1 aromatic rings. The molecule has 0 bridgehead atoms. The van der Waals surface area contributed by atoms with E-state index in [0.717, 1.165) is 0 Å². The number of benzene rings is 1. The lowest BCUT2D eigenvalue weighted by Gasteiger charge is -2.25. The number of rotatable bonds is 5. The Labute approximate surface area is 106 Å². The SMILES string of the molecule is CO[Si](OC)(OC)c1ccccc1S(=O)(=O)Cl. The van der Waals surface area contributed by atoms with Crippen LogP contribution in [-0.4, -0.2) is 38.6 Å². The maximum absolute atomic E-state index is 11.5. The molecule has 96 valence electrons. The predicted molar refractivity (Wildman–Crippen MR) is 65.9 cm³/mol. The van der Waals surface area contributed by atoms with Crippen LogP contribution in [0.2, 0.25) is 0 Å². The van der Waals surface area contributed by atoms with Crippen LogP contribution in [0.25, 0.3) is 0 Å². The summed E-state index contributed by atoms with van der Waals surface area (Å²) in [5.41, 5.74) is 0. The predicted octanol–water partition coefficient (Wildman–Crippen LogP) is 0.699. The highest BCUT2D eigenvalue weighted by Crippen LogP contribution is 2.17. The minimum absolute atomic E-state index is 0.0566. The first kappa shape index (κ1) is 14.6. The summed E-state index contributed by atoms with van der Waals surface area (Å²) in [7, 11) is 2.48. The second-order valence-electron chi connectivity index (χ2n) is 3.10. The first-order valence-electron chi connectivity index (χ1n) is 4.61. The fraction of sp³-hybridized carbons (Fsp3) is 0.333. The van der Waals surface area contributed by atoms with Gasteiger partial charge < -0.3 is 13.3 Å². The molecule has 1 rings (SSSR count). The monoisotopic (exact) mass is 296 g/mol. The molecule has 0 aromatic heterocycles. The van der Waals surface area contributed by atoms with Gasteiger partial charge in [-0.3, -0.25) is 0 Å². The van der Waals surface area contributed by atoms with E-state index < -0.39 is 17.9 Å². The fourth-order valence-electron chi connectivity index (χ4n) is 1.51. The second-order valence-corrected chi connectivity index (χ2v) is 8.51. The lowest BCUT2D eigenvalue weighted by molar-refractivity contribution is 0.139. The Morgan fingerprint density at radius 1 is 1.06 bits per heavy atom. The molecule has 0 saturated heterocycles. The van der Waals surface area contributed by atoms with Gasteiger partial charge in [0.25, 0.3) is 9.05 Å². The fourth-order valence-corrected chi connectivity index (χ4v) is 5.30. The Bertz CT molecular complexity index is 478. The maximum atomic E-state index is 11.5. The summed E-state index contributed by atoms with van der Waals surface area (Å²) in [6.07, 6.45) is 0. The Morgan fingerprint density at radius 3 is 1.94 bits per heavy atom. The number of halogens is 1. The minimum Gasteiger partial charge on any atom is -0.373 e. The maximum Gasteiger partial charge on any atom is 0.537 e. The van der Waals surface area contributed by atoms with Crippen molar-refractivity contribution in [1.29, 1.82) is 0 Å². The Kier molecular flexibility index (Phi) is 4.70. The molecule has 0 N–H and O–H groups in total. The second kappa shape index (κ2) is 5.47. The zero-order chi connectivity index (χ0) is 13.1. The molecule has 0 aliphatic rings. The molecule has 5 nitrogen and oxygen atoms in total. The molecule has 0 fully saturated rings. The lowest BCUT2D eigenvalue weighted by atomic mass is 10.4. The summed E-state index contributed by atoms with van der Waals surface area (Å²) in [6, 6.07) is 6.19. The lowest BCUT2D eigenvalue weighted by Crippen LogP contribution is -2.56. The molecule has 0 aliphatic heterocycles. The van der Waals surface area contributed by atoms with E-state index in [9.17, 15) is 8.42 Å². The molecule has 0 heterocycles. The molecule has 17 heavy (non-hydrogen) atoms. The third kappa shape index (κ3) is 2.87. The van der Waals surface area contributed by atoms with E-state index >= 15 is 0 Å². The van der Waals surface area contributed by atoms with Crippen LogP contribution in [0.5, 0.6) is 0 Å². The van der Waals surface area contributed by atoms with Crippen LogP contribution in [0.3, 0.4) is 0 Å². The van der Waals surface area contributed by atoms with Gasteiger partial charge >= 0.3 is 8.80 Å². The molecule has 0 radical (unpaired) electrons. The summed E-state index contributed by atoms with van der Waals surface area (Å²) < 4.78 is 38.6. The van der Waals surface area contributed by atoms with Gasteiger partial charge in [-0.2, -0.15) is 0 Å². The van der Waals surface area contributed by atoms with Gasteiger partial charge in [0, 0.05) is 37.2 Å². The van der Waals surface area contributed by atoms with Gasteiger partial charge in [0.2, 0.25) is 0 Å². The first-order chi connectivity index (χ1) is 7.91. The summed E-state index contributed by atoms with van der Waals surface area (Å²) in [4.78, 5) is -0.0566. The van der Waals surface area contributed by atoms with Crippen LogP contribution < -0.4 is 5.19 Å². The van der Waals surface area contributed by atoms with E-state index in [1.807, 2.05) is 0 Å². The van der Waals surface area contributed by atoms with E-state index in [4.69, 9.17) is 24.0 Å². The van der Waals surface area contributed by atoms with Crippen LogP contribution >= 0.6 is 10.7 Å². The Balaban J connectivity index is 3.50. The Morgan fingerprint density at radius 2 is 1.53 bits per heavy atom. The summed E-state index contributed by atoms with van der Waals surface area (Å²) >= 11 is 0. The van der Waals surface area contributed by atoms with Crippen molar-refractivity contribution >= 4 is 33.7 Å². The van der Waals surface area contributed by atoms with Crippen LogP contribution in [0.15, 0.2) is 29.2 Å². The molecule has 0 atom stereocenters. The quantitative estimate of drug-likeness (QED) is 0.591. The topological polar surface area (TPSA) is 61.8 Å². The van der Waals surface area contributed by atoms with Crippen molar-refractivity contribution in [3.8, 4) is 0 Å². The van der Waals surface area contributed by atoms with Crippen LogP contribution in [-0.2, 0) is 22.3 Å². The van der Waals surface area contributed by atoms with Crippen LogP contribution in [0, 0.1) is 0 Å². The average molecular weight is 297 g/mol. The highest BCUT2D eigenvalue weighted by molar-refractivity contribution is 8.14. The van der Waals surface area contributed by atoms with Crippen molar-refractivity contribution in [1.82, 2.24) is 0 Å². The first-order valence-corrected chi connectivity index (χ1v) is 8.64. The van der Waals surface area contributed by atoms with E-state index in [1.54, 1.807) is 18.2 Å². The molecular weight excluding hydrogens is 284 g/mol. The molecule has 0 amide bonds. The number of hydrogen-bond acceptors (Lipinski definition) is 5. The molecular formula is C9H13ClO5SSi. The van der Waals surface area contributed by atoms with Crippen molar-refractivity contribution in [2.24, 2.45) is 0 Å². The average Bonchev–Trinajstić information content (AvgIpc) is 2.31. The summed E-state index contributed by atoms with van der Waals surface area (Å²) in [6.45, 7) is 0. The van der Waals surface area contributed by atoms with Gasteiger partial charge in [0.05, 0.1) is 4.90 Å². The smallest absolute Gasteiger partial charge is 0.373 e. The zero-order valence-corrected chi connectivity index (χ0v) is 12.2. The van der Waals surface area contributed by atoms with Crippen molar-refractivity contribution in [3.05, 3.63) is 24.3 Å². The highest BCUT2D eigenvalue weighted by atomic mass is 35.7. The normalized spacial score (nSPS) is 12.7. The summed E-state index contributed by atoms with van der Waals surface area (Å²) in [5, 5.41) is 0.322. The van der Waals surface area contributed by atoms with Crippen LogP contribution in [0.4, 0.5) is 0 Å². The molecule has 0 spiro atoms. The molecule has 0 unspecified atom stereocenters. The highest BCUT2D eigenvalue weighted by Gasteiger charge is 2.44. The molecule has 1 aromatic carbocycles. The molecule has 0 aliphatic carbocycles. The van der Waals surface area contributed by atoms with Gasteiger partial charge in [-0.25, -0.2) is 8.42 Å². The van der Waals surface area contributed by atoms with E-state index in [0.29, 0.717) is 5.19 Å². The standard InChI is InChI=1S/C9H13ClO5SSi/c1-13-17(14-2,15-3)9-7-5-4-6-8(9)16(10,11)12/h4-7H,1-3H3. The van der Waals surface area contributed by atoms with Gasteiger partial charge in [-0.15, -0.1) is 0 Å². The zero-order valence-electron chi connectivity index (χ0n) is 9.64. The largest absolute Gasteiger partial charge is 0.537 e. The van der Waals surface area contributed by atoms with Gasteiger partial charge in [-0.05, 0) is 6.07 Å². The van der Waals surface area contributed by atoms with E-state index in [1.165, 1.54) is 27.4 Å². The minimum atomic E-state index is -3.88. The van der Waals surface area contributed by atoms with Crippen molar-refractivity contribution in [3.63, 3.8) is 0 Å². The van der Waals surface area contributed by atoms with Gasteiger partial charge in [-0.1, -0.05) is 18.2 Å². The third-order valence-electron chi connectivity index (χ3n) is 2.29.